The van der Waals surface area contributed by atoms with Crippen molar-refractivity contribution >= 4 is 17.7 Å². The van der Waals surface area contributed by atoms with Crippen molar-refractivity contribution in [1.29, 1.82) is 0 Å². The summed E-state index contributed by atoms with van der Waals surface area (Å²) in [6.07, 6.45) is 11.7. The monoisotopic (exact) mass is 322 g/mol. The van der Waals surface area contributed by atoms with Crippen LogP contribution in [0.3, 0.4) is 0 Å². The van der Waals surface area contributed by atoms with Gasteiger partial charge in [0.25, 0.3) is 0 Å². The van der Waals surface area contributed by atoms with Gasteiger partial charge in [-0.1, -0.05) is 51.5 Å². The quantitative estimate of drug-likeness (QED) is 0.224. The van der Waals surface area contributed by atoms with Crippen molar-refractivity contribution in [1.82, 2.24) is 0 Å². The number of hydrogen-bond acceptors (Lipinski definition) is 2. The summed E-state index contributed by atoms with van der Waals surface area (Å²) in [6, 6.07) is 0. The Morgan fingerprint density at radius 3 is 2.14 bits per heavy atom. The van der Waals surface area contributed by atoms with Crippen LogP contribution in [0, 0.1) is 0 Å². The maximum Gasteiger partial charge on any atom is 0.304 e. The second kappa shape index (κ2) is 13.4. The lowest BCUT2D eigenvalue weighted by molar-refractivity contribution is -0.136. The third-order valence-electron chi connectivity index (χ3n) is 3.49. The molecule has 0 radical (unpaired) electrons. The lowest BCUT2D eigenvalue weighted by Gasteiger charge is -2.11. The summed E-state index contributed by atoms with van der Waals surface area (Å²) in [7, 11) is 0. The lowest BCUT2D eigenvalue weighted by atomic mass is 10.0. The third kappa shape index (κ3) is 11.4. The van der Waals surface area contributed by atoms with Crippen molar-refractivity contribution in [2.75, 3.05) is 5.75 Å². The fraction of sp³-hybridized carbons (Fsp3) is 0.526. The van der Waals surface area contributed by atoms with E-state index in [1.807, 2.05) is 6.08 Å². The Balaban J connectivity index is 3.69. The second-order valence-corrected chi connectivity index (χ2v) is 6.64. The molecule has 0 unspecified atom stereocenters. The number of unbranched alkanes of at least 4 members (excludes halogenated alkanes) is 6. The van der Waals surface area contributed by atoms with Crippen LogP contribution in [0.4, 0.5) is 0 Å². The highest BCUT2D eigenvalue weighted by molar-refractivity contribution is 8.03. The molecule has 0 aliphatic carbocycles. The summed E-state index contributed by atoms with van der Waals surface area (Å²) < 4.78 is 0. The van der Waals surface area contributed by atoms with E-state index in [1.165, 1.54) is 43.9 Å². The van der Waals surface area contributed by atoms with E-state index in [4.69, 9.17) is 5.11 Å². The molecule has 0 rings (SSSR count). The van der Waals surface area contributed by atoms with Crippen molar-refractivity contribution in [3.63, 3.8) is 0 Å². The maximum absolute atomic E-state index is 10.5. The van der Waals surface area contributed by atoms with Crippen molar-refractivity contribution in [2.45, 2.75) is 57.8 Å². The predicted molar refractivity (Wildman–Crippen MR) is 99.3 cm³/mol. The van der Waals surface area contributed by atoms with Crippen LogP contribution in [-0.4, -0.2) is 16.8 Å². The highest BCUT2D eigenvalue weighted by Gasteiger charge is 2.06. The topological polar surface area (TPSA) is 37.3 Å². The molecule has 0 amide bonds. The van der Waals surface area contributed by atoms with Crippen LogP contribution in [0.5, 0.6) is 0 Å². The van der Waals surface area contributed by atoms with E-state index in [0.717, 1.165) is 35.3 Å². The van der Waals surface area contributed by atoms with Gasteiger partial charge in [-0.3, -0.25) is 4.79 Å². The van der Waals surface area contributed by atoms with Crippen LogP contribution in [0.15, 0.2) is 48.4 Å². The Hall–Kier alpha value is -1.22. The highest BCUT2D eigenvalue weighted by atomic mass is 32.2. The summed E-state index contributed by atoms with van der Waals surface area (Å²) >= 11 is 1.45. The zero-order valence-corrected chi connectivity index (χ0v) is 14.6. The van der Waals surface area contributed by atoms with Gasteiger partial charge in [0.15, 0.2) is 0 Å². The molecule has 0 saturated carbocycles. The van der Waals surface area contributed by atoms with Gasteiger partial charge < -0.3 is 5.11 Å². The van der Waals surface area contributed by atoms with E-state index >= 15 is 0 Å². The molecule has 3 heteroatoms. The lowest BCUT2D eigenvalue weighted by Crippen LogP contribution is -1.97. The van der Waals surface area contributed by atoms with Crippen molar-refractivity contribution in [3.05, 3.63) is 48.4 Å². The van der Waals surface area contributed by atoms with Gasteiger partial charge in [0.1, 0.15) is 0 Å². The van der Waals surface area contributed by atoms with Crippen LogP contribution >= 0.6 is 11.8 Å². The number of carboxylic acid groups (broad SMARTS) is 1. The van der Waals surface area contributed by atoms with Gasteiger partial charge in [0.05, 0.1) is 6.42 Å². The predicted octanol–water partition coefficient (Wildman–Crippen LogP) is 6.13. The number of allylic oxidation sites excluding steroid dienone is 3. The van der Waals surface area contributed by atoms with Gasteiger partial charge in [0, 0.05) is 10.7 Å². The molecule has 22 heavy (non-hydrogen) atoms. The molecule has 0 saturated heterocycles. The minimum atomic E-state index is -0.780. The van der Waals surface area contributed by atoms with Gasteiger partial charge in [-0.05, 0) is 36.8 Å². The second-order valence-electron chi connectivity index (χ2n) is 5.45. The fourth-order valence-corrected chi connectivity index (χ4v) is 2.87. The SMILES string of the molecule is C=CCCCCCCCCC(=C)C(=C)C(=C)SCCC(=O)O. The van der Waals surface area contributed by atoms with Gasteiger partial charge in [0.2, 0.25) is 0 Å². The summed E-state index contributed by atoms with van der Waals surface area (Å²) in [4.78, 5) is 11.3. The average Bonchev–Trinajstić information content (AvgIpc) is 2.48. The van der Waals surface area contributed by atoms with E-state index in [-0.39, 0.29) is 6.42 Å². The minimum absolute atomic E-state index is 0.148. The normalized spacial score (nSPS) is 10.2. The fourth-order valence-electron chi connectivity index (χ4n) is 2.03. The first-order valence-electron chi connectivity index (χ1n) is 8.00. The zero-order chi connectivity index (χ0) is 16.8. The number of hydrogen-bond donors (Lipinski definition) is 1. The minimum Gasteiger partial charge on any atom is -0.481 e. The number of carbonyl (C=O) groups is 1. The molecule has 0 heterocycles. The molecule has 2 nitrogen and oxygen atoms in total. The third-order valence-corrected chi connectivity index (χ3v) is 4.50. The molecular weight excluding hydrogens is 292 g/mol. The summed E-state index contributed by atoms with van der Waals surface area (Å²) in [5, 5.41) is 8.62. The molecule has 0 spiro atoms. The molecule has 0 atom stereocenters. The number of rotatable bonds is 15. The summed E-state index contributed by atoms with van der Waals surface area (Å²) in [5.74, 6) is -0.247. The number of thioether (sulfide) groups is 1. The number of aliphatic carboxylic acids is 1. The molecule has 1 N–H and O–H groups in total. The molecular formula is C19H30O2S. The molecule has 124 valence electrons. The first-order chi connectivity index (χ1) is 10.5. The largest absolute Gasteiger partial charge is 0.481 e. The summed E-state index contributed by atoms with van der Waals surface area (Å²) in [5.41, 5.74) is 1.90. The molecule has 0 aromatic rings. The molecule has 0 aromatic heterocycles. The highest BCUT2D eigenvalue weighted by Crippen LogP contribution is 2.28. The van der Waals surface area contributed by atoms with Crippen molar-refractivity contribution in [3.8, 4) is 0 Å². The Labute approximate surface area is 140 Å². The molecule has 0 aromatic carbocycles. The molecule has 0 aliphatic heterocycles. The van der Waals surface area contributed by atoms with Crippen LogP contribution in [0.2, 0.25) is 0 Å². The average molecular weight is 323 g/mol. The smallest absolute Gasteiger partial charge is 0.304 e. The van der Waals surface area contributed by atoms with Gasteiger partial charge in [-0.15, -0.1) is 18.3 Å². The van der Waals surface area contributed by atoms with Crippen LogP contribution in [0.1, 0.15) is 57.8 Å². The van der Waals surface area contributed by atoms with Gasteiger partial charge in [-0.2, -0.15) is 0 Å². The van der Waals surface area contributed by atoms with Gasteiger partial charge >= 0.3 is 5.97 Å². The Morgan fingerprint density at radius 1 is 0.955 bits per heavy atom. The van der Waals surface area contributed by atoms with Crippen LogP contribution in [-0.2, 0) is 4.79 Å². The van der Waals surface area contributed by atoms with Crippen molar-refractivity contribution < 1.29 is 9.90 Å². The van der Waals surface area contributed by atoms with E-state index in [1.54, 1.807) is 0 Å². The first kappa shape index (κ1) is 20.8. The van der Waals surface area contributed by atoms with Crippen molar-refractivity contribution in [2.24, 2.45) is 0 Å². The first-order valence-corrected chi connectivity index (χ1v) is 8.99. The van der Waals surface area contributed by atoms with Crippen LogP contribution in [0.25, 0.3) is 0 Å². The van der Waals surface area contributed by atoms with Crippen LogP contribution < -0.4 is 0 Å². The Morgan fingerprint density at radius 2 is 1.55 bits per heavy atom. The summed E-state index contributed by atoms with van der Waals surface area (Å²) in [6.45, 7) is 15.8. The molecule has 0 aliphatic rings. The van der Waals surface area contributed by atoms with E-state index in [9.17, 15) is 4.79 Å². The Kier molecular flexibility index (Phi) is 12.7. The van der Waals surface area contributed by atoms with E-state index in [0.29, 0.717) is 5.75 Å². The zero-order valence-electron chi connectivity index (χ0n) is 13.7. The van der Waals surface area contributed by atoms with Gasteiger partial charge in [-0.25, -0.2) is 0 Å². The van der Waals surface area contributed by atoms with E-state index in [2.05, 4.69) is 26.3 Å². The number of carboxylic acids is 1. The van der Waals surface area contributed by atoms with E-state index < -0.39 is 5.97 Å². The standard InChI is InChI=1S/C19H30O2S/c1-5-6-7-8-9-10-11-12-13-16(2)17(3)18(4)22-15-14-19(20)21/h5H,1-4,6-15H2,(H,20,21). The molecule has 0 bridgehead atoms. The molecule has 0 fully saturated rings. The maximum atomic E-state index is 10.5. The Bertz CT molecular complexity index is 396.